The molecule has 5 heteroatoms. The predicted molar refractivity (Wildman–Crippen MR) is 77.7 cm³/mol. The number of carbonyl (C=O) groups is 1. The Labute approximate surface area is 119 Å². The summed E-state index contributed by atoms with van der Waals surface area (Å²) in [5, 5.41) is 11.5. The van der Waals surface area contributed by atoms with Crippen molar-refractivity contribution in [3.05, 3.63) is 58.1 Å². The van der Waals surface area contributed by atoms with Gasteiger partial charge in [0.05, 0.1) is 17.2 Å². The third kappa shape index (κ3) is 3.12. The highest BCUT2D eigenvalue weighted by atomic mass is 79.9. The Morgan fingerprint density at radius 3 is 2.79 bits per heavy atom. The van der Waals surface area contributed by atoms with Crippen LogP contribution in [-0.2, 0) is 0 Å². The van der Waals surface area contributed by atoms with Gasteiger partial charge < -0.3 is 11.1 Å². The number of hydrogen-bond donors (Lipinski definition) is 2. The van der Waals surface area contributed by atoms with Gasteiger partial charge in [-0.05, 0) is 36.4 Å². The lowest BCUT2D eigenvalue weighted by Gasteiger charge is -2.08. The van der Waals surface area contributed by atoms with Crippen LogP contribution in [-0.4, -0.2) is 5.91 Å². The van der Waals surface area contributed by atoms with Crippen LogP contribution in [0, 0.1) is 11.3 Å². The van der Waals surface area contributed by atoms with Gasteiger partial charge in [-0.15, -0.1) is 0 Å². The van der Waals surface area contributed by atoms with E-state index < -0.39 is 0 Å². The summed E-state index contributed by atoms with van der Waals surface area (Å²) >= 11 is 3.29. The van der Waals surface area contributed by atoms with Crippen molar-refractivity contribution in [2.75, 3.05) is 11.1 Å². The largest absolute Gasteiger partial charge is 0.398 e. The fraction of sp³-hybridized carbons (Fsp3) is 0. The van der Waals surface area contributed by atoms with Crippen molar-refractivity contribution in [3.8, 4) is 6.07 Å². The molecule has 0 unspecified atom stereocenters. The number of amides is 1. The van der Waals surface area contributed by atoms with Crippen molar-refractivity contribution < 1.29 is 4.79 Å². The first-order valence-corrected chi connectivity index (χ1v) is 6.26. The molecule has 0 bridgehead atoms. The zero-order valence-corrected chi connectivity index (χ0v) is 11.4. The summed E-state index contributed by atoms with van der Waals surface area (Å²) < 4.78 is 0.776. The van der Waals surface area contributed by atoms with Gasteiger partial charge in [0, 0.05) is 15.8 Å². The maximum absolute atomic E-state index is 12.1. The Bertz CT molecular complexity index is 677. The molecule has 3 N–H and O–H groups in total. The Hall–Kier alpha value is -2.32. The summed E-state index contributed by atoms with van der Waals surface area (Å²) in [6.45, 7) is 0. The van der Waals surface area contributed by atoms with Crippen molar-refractivity contribution in [2.24, 2.45) is 0 Å². The number of nitrogens with two attached hydrogens (primary N) is 1. The molecule has 0 heterocycles. The SMILES string of the molecule is N#Cc1cccc(NC(=O)c2cc(Br)ccc2N)c1. The van der Waals surface area contributed by atoms with Crippen molar-refractivity contribution >= 4 is 33.2 Å². The van der Waals surface area contributed by atoms with Gasteiger partial charge in [-0.25, -0.2) is 0 Å². The van der Waals surface area contributed by atoms with Gasteiger partial charge in [-0.1, -0.05) is 22.0 Å². The molecular weight excluding hydrogens is 306 g/mol. The average Bonchev–Trinajstić information content (AvgIpc) is 2.41. The Morgan fingerprint density at radius 1 is 1.26 bits per heavy atom. The topological polar surface area (TPSA) is 78.9 Å². The van der Waals surface area contributed by atoms with Crippen LogP contribution < -0.4 is 11.1 Å². The van der Waals surface area contributed by atoms with E-state index in [0.717, 1.165) is 4.47 Å². The molecule has 0 radical (unpaired) electrons. The average molecular weight is 316 g/mol. The molecule has 0 saturated heterocycles. The standard InChI is InChI=1S/C14H10BrN3O/c15-10-4-5-13(17)12(7-10)14(19)18-11-3-1-2-9(6-11)8-16/h1-7H,17H2,(H,18,19). The van der Waals surface area contributed by atoms with E-state index in [0.29, 0.717) is 22.5 Å². The Morgan fingerprint density at radius 2 is 2.05 bits per heavy atom. The number of nitrogens with one attached hydrogen (secondary N) is 1. The molecule has 19 heavy (non-hydrogen) atoms. The molecule has 2 rings (SSSR count). The van der Waals surface area contributed by atoms with E-state index in [4.69, 9.17) is 11.0 Å². The molecule has 0 saturated carbocycles. The van der Waals surface area contributed by atoms with E-state index >= 15 is 0 Å². The minimum absolute atomic E-state index is 0.311. The van der Waals surface area contributed by atoms with Gasteiger partial charge in [0.2, 0.25) is 0 Å². The van der Waals surface area contributed by atoms with E-state index in [1.165, 1.54) is 0 Å². The van der Waals surface area contributed by atoms with Gasteiger partial charge in [-0.2, -0.15) is 5.26 Å². The summed E-state index contributed by atoms with van der Waals surface area (Å²) in [5.41, 5.74) is 7.60. The summed E-state index contributed by atoms with van der Waals surface area (Å²) in [5.74, 6) is -0.311. The van der Waals surface area contributed by atoms with Gasteiger partial charge in [0.25, 0.3) is 5.91 Å². The fourth-order valence-electron chi connectivity index (χ4n) is 1.59. The summed E-state index contributed by atoms with van der Waals surface area (Å²) in [4.78, 5) is 12.1. The van der Waals surface area contributed by atoms with Gasteiger partial charge in [0.15, 0.2) is 0 Å². The Kier molecular flexibility index (Phi) is 3.83. The van der Waals surface area contributed by atoms with Gasteiger partial charge in [0.1, 0.15) is 0 Å². The number of nitrogens with zero attached hydrogens (tertiary/aromatic N) is 1. The van der Waals surface area contributed by atoms with Crippen LogP contribution in [0.4, 0.5) is 11.4 Å². The second kappa shape index (κ2) is 5.55. The molecule has 1 amide bonds. The number of anilines is 2. The summed E-state index contributed by atoms with van der Waals surface area (Å²) in [6.07, 6.45) is 0. The third-order valence-corrected chi connectivity index (χ3v) is 3.00. The lowest BCUT2D eigenvalue weighted by molar-refractivity contribution is 0.102. The van der Waals surface area contributed by atoms with E-state index in [2.05, 4.69) is 21.2 Å². The molecule has 0 aliphatic heterocycles. The molecule has 2 aromatic carbocycles. The highest BCUT2D eigenvalue weighted by Gasteiger charge is 2.10. The molecular formula is C14H10BrN3O. The third-order valence-electron chi connectivity index (χ3n) is 2.51. The normalized spacial score (nSPS) is 9.68. The van der Waals surface area contributed by atoms with Crippen LogP contribution in [0.1, 0.15) is 15.9 Å². The van der Waals surface area contributed by atoms with Crippen LogP contribution in [0.25, 0.3) is 0 Å². The highest BCUT2D eigenvalue weighted by molar-refractivity contribution is 9.10. The molecule has 0 aliphatic carbocycles. The van der Waals surface area contributed by atoms with E-state index in [9.17, 15) is 4.79 Å². The predicted octanol–water partition coefficient (Wildman–Crippen LogP) is 3.16. The first-order valence-electron chi connectivity index (χ1n) is 5.46. The Balaban J connectivity index is 2.26. The summed E-state index contributed by atoms with van der Waals surface area (Å²) in [7, 11) is 0. The molecule has 2 aromatic rings. The highest BCUT2D eigenvalue weighted by Crippen LogP contribution is 2.20. The molecule has 94 valence electrons. The lowest BCUT2D eigenvalue weighted by atomic mass is 10.1. The van der Waals surface area contributed by atoms with E-state index in [1.54, 1.807) is 42.5 Å². The molecule has 0 spiro atoms. The maximum atomic E-state index is 12.1. The molecule has 0 aromatic heterocycles. The molecule has 4 nitrogen and oxygen atoms in total. The van der Waals surface area contributed by atoms with Crippen molar-refractivity contribution in [3.63, 3.8) is 0 Å². The smallest absolute Gasteiger partial charge is 0.257 e. The molecule has 0 aliphatic rings. The number of rotatable bonds is 2. The number of benzene rings is 2. The van der Waals surface area contributed by atoms with E-state index in [-0.39, 0.29) is 5.91 Å². The van der Waals surface area contributed by atoms with Crippen molar-refractivity contribution in [1.82, 2.24) is 0 Å². The zero-order chi connectivity index (χ0) is 13.8. The molecule has 0 fully saturated rings. The zero-order valence-electron chi connectivity index (χ0n) is 9.85. The summed E-state index contributed by atoms with van der Waals surface area (Å²) in [6, 6.07) is 13.8. The van der Waals surface area contributed by atoms with Crippen LogP contribution >= 0.6 is 15.9 Å². The first kappa shape index (κ1) is 13.1. The second-order valence-corrected chi connectivity index (χ2v) is 4.79. The first-order chi connectivity index (χ1) is 9.10. The number of hydrogen-bond acceptors (Lipinski definition) is 3. The van der Waals surface area contributed by atoms with E-state index in [1.807, 2.05) is 6.07 Å². The number of nitrogen functional groups attached to an aromatic ring is 1. The maximum Gasteiger partial charge on any atom is 0.257 e. The van der Waals surface area contributed by atoms with Crippen LogP contribution in [0.3, 0.4) is 0 Å². The van der Waals surface area contributed by atoms with Crippen molar-refractivity contribution in [1.29, 1.82) is 5.26 Å². The monoisotopic (exact) mass is 315 g/mol. The van der Waals surface area contributed by atoms with Crippen LogP contribution in [0.15, 0.2) is 46.9 Å². The van der Waals surface area contributed by atoms with Gasteiger partial charge in [-0.3, -0.25) is 4.79 Å². The number of carbonyl (C=O) groups excluding carboxylic acids is 1. The fourth-order valence-corrected chi connectivity index (χ4v) is 1.95. The quantitative estimate of drug-likeness (QED) is 0.835. The van der Waals surface area contributed by atoms with Crippen LogP contribution in [0.2, 0.25) is 0 Å². The number of halogens is 1. The molecule has 0 atom stereocenters. The second-order valence-electron chi connectivity index (χ2n) is 3.88. The van der Waals surface area contributed by atoms with Crippen molar-refractivity contribution in [2.45, 2.75) is 0 Å². The lowest BCUT2D eigenvalue weighted by Crippen LogP contribution is -2.14. The number of nitriles is 1. The minimum Gasteiger partial charge on any atom is -0.398 e. The minimum atomic E-state index is -0.311. The van der Waals surface area contributed by atoms with Gasteiger partial charge >= 0.3 is 0 Å². The van der Waals surface area contributed by atoms with Crippen LogP contribution in [0.5, 0.6) is 0 Å².